The zero-order valence-electron chi connectivity index (χ0n) is 16.4. The lowest BCUT2D eigenvalue weighted by atomic mass is 10.2. The van der Waals surface area contributed by atoms with Crippen LogP contribution >= 0.6 is 0 Å². The van der Waals surface area contributed by atoms with E-state index < -0.39 is 0 Å². The van der Waals surface area contributed by atoms with Gasteiger partial charge in [-0.1, -0.05) is 35.5 Å². The molecule has 2 aromatic rings. The van der Waals surface area contributed by atoms with Crippen LogP contribution in [0.1, 0.15) is 24.1 Å². The summed E-state index contributed by atoms with van der Waals surface area (Å²) in [7, 11) is 0. The molecule has 8 nitrogen and oxygen atoms in total. The van der Waals surface area contributed by atoms with Crippen molar-refractivity contribution in [2.75, 3.05) is 32.7 Å². The van der Waals surface area contributed by atoms with E-state index in [0.717, 1.165) is 18.4 Å². The first kappa shape index (κ1) is 19.3. The van der Waals surface area contributed by atoms with Crippen molar-refractivity contribution in [3.05, 3.63) is 53.9 Å². The second kappa shape index (κ2) is 9.00. The highest BCUT2D eigenvalue weighted by Gasteiger charge is 2.25. The molecule has 1 aromatic heterocycles. The summed E-state index contributed by atoms with van der Waals surface area (Å²) in [5.41, 5.74) is 1.80. The number of carbonyl (C=O) groups is 2. The number of aromatic nitrogens is 3. The second-order valence-corrected chi connectivity index (χ2v) is 7.60. The van der Waals surface area contributed by atoms with Crippen LogP contribution in [0.25, 0.3) is 6.08 Å². The monoisotopic (exact) mass is 394 g/mol. The van der Waals surface area contributed by atoms with Gasteiger partial charge < -0.3 is 10.2 Å². The van der Waals surface area contributed by atoms with E-state index in [2.05, 4.69) is 20.5 Å². The average Bonchev–Trinajstić information content (AvgIpc) is 3.43. The Morgan fingerprint density at radius 1 is 1.10 bits per heavy atom. The largest absolute Gasteiger partial charge is 0.352 e. The van der Waals surface area contributed by atoms with Crippen molar-refractivity contribution in [1.29, 1.82) is 0 Å². The highest BCUT2D eigenvalue weighted by atomic mass is 16.2. The van der Waals surface area contributed by atoms with E-state index in [9.17, 15) is 9.59 Å². The summed E-state index contributed by atoms with van der Waals surface area (Å²) in [6, 6.07) is 10.4. The number of benzene rings is 1. The zero-order valence-corrected chi connectivity index (χ0v) is 16.4. The average molecular weight is 394 g/mol. The second-order valence-electron chi connectivity index (χ2n) is 7.60. The Bertz CT molecular complexity index is 866. The van der Waals surface area contributed by atoms with Crippen molar-refractivity contribution in [2.24, 2.45) is 0 Å². The van der Waals surface area contributed by atoms with Crippen molar-refractivity contribution in [1.82, 2.24) is 30.1 Å². The predicted octanol–water partition coefficient (Wildman–Crippen LogP) is 0.762. The molecule has 0 unspecified atom stereocenters. The quantitative estimate of drug-likeness (QED) is 0.701. The lowest BCUT2D eigenvalue weighted by molar-refractivity contribution is -0.128. The van der Waals surface area contributed by atoms with Crippen LogP contribution in [0.2, 0.25) is 0 Å². The standard InChI is InChI=1S/C21H26N6O2/c28-20(22-18-6-7-18)16-25-10-12-26(13-11-25)21(29)9-8-19-15-27(24-23-19)14-17-4-2-1-3-5-17/h1-5,8-9,15,18H,6-7,10-14,16H2,(H,22,28)/b9-8+. The van der Waals surface area contributed by atoms with Gasteiger partial charge in [0, 0.05) is 38.3 Å². The molecule has 0 atom stereocenters. The topological polar surface area (TPSA) is 83.4 Å². The van der Waals surface area contributed by atoms with Crippen LogP contribution in [0, 0.1) is 0 Å². The molecule has 0 spiro atoms. The Hall–Kier alpha value is -3.00. The van der Waals surface area contributed by atoms with Gasteiger partial charge in [-0.25, -0.2) is 4.68 Å². The maximum Gasteiger partial charge on any atom is 0.246 e. The number of rotatable bonds is 7. The van der Waals surface area contributed by atoms with Crippen LogP contribution in [0.3, 0.4) is 0 Å². The van der Waals surface area contributed by atoms with E-state index in [4.69, 9.17) is 0 Å². The molecule has 152 valence electrons. The van der Waals surface area contributed by atoms with Crippen LogP contribution in [0.15, 0.2) is 42.6 Å². The first-order chi connectivity index (χ1) is 14.2. The number of piperazine rings is 1. The third-order valence-corrected chi connectivity index (χ3v) is 5.13. The minimum absolute atomic E-state index is 0.0373. The van der Waals surface area contributed by atoms with Crippen molar-refractivity contribution < 1.29 is 9.59 Å². The molecule has 4 rings (SSSR count). The van der Waals surface area contributed by atoms with Crippen LogP contribution in [0.4, 0.5) is 0 Å². The van der Waals surface area contributed by atoms with E-state index >= 15 is 0 Å². The van der Waals surface area contributed by atoms with Gasteiger partial charge in [-0.2, -0.15) is 0 Å². The fraction of sp³-hybridized carbons (Fsp3) is 0.429. The van der Waals surface area contributed by atoms with Gasteiger partial charge in [0.05, 0.1) is 19.3 Å². The molecule has 1 aliphatic carbocycles. The number of carbonyl (C=O) groups excluding carboxylic acids is 2. The molecule has 8 heteroatoms. The molecule has 2 fully saturated rings. The third kappa shape index (κ3) is 5.74. The Kier molecular flexibility index (Phi) is 6.00. The van der Waals surface area contributed by atoms with E-state index in [1.54, 1.807) is 21.7 Å². The summed E-state index contributed by atoms with van der Waals surface area (Å²) in [6.45, 7) is 3.74. The van der Waals surface area contributed by atoms with Crippen molar-refractivity contribution in [2.45, 2.75) is 25.4 Å². The van der Waals surface area contributed by atoms with Crippen LogP contribution < -0.4 is 5.32 Å². The summed E-state index contributed by atoms with van der Waals surface area (Å²) >= 11 is 0. The number of hydrogen-bond acceptors (Lipinski definition) is 5. The van der Waals surface area contributed by atoms with Gasteiger partial charge in [-0.05, 0) is 24.5 Å². The van der Waals surface area contributed by atoms with Gasteiger partial charge >= 0.3 is 0 Å². The number of amides is 2. The molecule has 2 heterocycles. The molecule has 2 amide bonds. The molecule has 1 saturated carbocycles. The van der Waals surface area contributed by atoms with Gasteiger partial charge in [-0.15, -0.1) is 5.10 Å². The zero-order chi connectivity index (χ0) is 20.1. The minimum atomic E-state index is -0.0373. The SMILES string of the molecule is O=C(CN1CCN(C(=O)/C=C/c2cn(Cc3ccccc3)nn2)CC1)NC1CC1. The summed E-state index contributed by atoms with van der Waals surface area (Å²) in [5.74, 6) is 0.0513. The van der Waals surface area contributed by atoms with Gasteiger partial charge in [0.25, 0.3) is 0 Å². The van der Waals surface area contributed by atoms with E-state index in [-0.39, 0.29) is 11.8 Å². The predicted molar refractivity (Wildman–Crippen MR) is 109 cm³/mol. The highest BCUT2D eigenvalue weighted by Crippen LogP contribution is 2.18. The van der Waals surface area contributed by atoms with Gasteiger partial charge in [0.1, 0.15) is 5.69 Å². The molecule has 0 radical (unpaired) electrons. The number of hydrogen-bond donors (Lipinski definition) is 1. The van der Waals surface area contributed by atoms with E-state index in [0.29, 0.717) is 51.0 Å². The molecule has 1 saturated heterocycles. The molecule has 2 aliphatic rings. The maximum absolute atomic E-state index is 12.4. The first-order valence-electron chi connectivity index (χ1n) is 10.1. The maximum atomic E-state index is 12.4. The fourth-order valence-electron chi connectivity index (χ4n) is 3.33. The third-order valence-electron chi connectivity index (χ3n) is 5.13. The lowest BCUT2D eigenvalue weighted by Crippen LogP contribution is -2.51. The first-order valence-corrected chi connectivity index (χ1v) is 10.1. The minimum Gasteiger partial charge on any atom is -0.352 e. The van der Waals surface area contributed by atoms with Crippen LogP contribution in [-0.4, -0.2) is 75.4 Å². The lowest BCUT2D eigenvalue weighted by Gasteiger charge is -2.33. The molecule has 0 bridgehead atoms. The molecular formula is C21H26N6O2. The Morgan fingerprint density at radius 2 is 1.86 bits per heavy atom. The summed E-state index contributed by atoms with van der Waals surface area (Å²) in [6.07, 6.45) is 7.27. The summed E-state index contributed by atoms with van der Waals surface area (Å²) in [5, 5.41) is 11.2. The molecular weight excluding hydrogens is 368 g/mol. The molecule has 1 aliphatic heterocycles. The summed E-state index contributed by atoms with van der Waals surface area (Å²) < 4.78 is 1.75. The Labute approximate surface area is 170 Å². The fourth-order valence-corrected chi connectivity index (χ4v) is 3.33. The molecule has 1 N–H and O–H groups in total. The summed E-state index contributed by atoms with van der Waals surface area (Å²) in [4.78, 5) is 28.2. The molecule has 29 heavy (non-hydrogen) atoms. The van der Waals surface area contributed by atoms with Crippen LogP contribution in [-0.2, 0) is 16.1 Å². The van der Waals surface area contributed by atoms with Gasteiger partial charge in [-0.3, -0.25) is 14.5 Å². The van der Waals surface area contributed by atoms with Crippen molar-refractivity contribution >= 4 is 17.9 Å². The van der Waals surface area contributed by atoms with Crippen molar-refractivity contribution in [3.8, 4) is 0 Å². The number of nitrogens with one attached hydrogen (secondary N) is 1. The van der Waals surface area contributed by atoms with Crippen molar-refractivity contribution in [3.63, 3.8) is 0 Å². The smallest absolute Gasteiger partial charge is 0.246 e. The highest BCUT2D eigenvalue weighted by molar-refractivity contribution is 5.91. The van der Waals surface area contributed by atoms with E-state index in [1.165, 1.54) is 0 Å². The van der Waals surface area contributed by atoms with Crippen LogP contribution in [0.5, 0.6) is 0 Å². The van der Waals surface area contributed by atoms with Gasteiger partial charge in [0.15, 0.2) is 0 Å². The molecule has 1 aromatic carbocycles. The van der Waals surface area contributed by atoms with Gasteiger partial charge in [0.2, 0.25) is 11.8 Å². The Morgan fingerprint density at radius 3 is 2.59 bits per heavy atom. The van der Waals surface area contributed by atoms with E-state index in [1.807, 2.05) is 36.5 Å². The number of nitrogens with zero attached hydrogens (tertiary/aromatic N) is 5. The normalized spacial score (nSPS) is 17.6. The Balaban J connectivity index is 1.22.